The fourth-order valence-electron chi connectivity index (χ4n) is 4.86. The van der Waals surface area contributed by atoms with Crippen molar-refractivity contribution in [3.63, 3.8) is 0 Å². The summed E-state index contributed by atoms with van der Waals surface area (Å²) in [5.41, 5.74) is 3.98. The first kappa shape index (κ1) is 35.3. The Hall–Kier alpha value is -4.23. The number of esters is 3. The zero-order valence-corrected chi connectivity index (χ0v) is 26.7. The predicted molar refractivity (Wildman–Crippen MR) is 176 cm³/mol. The summed E-state index contributed by atoms with van der Waals surface area (Å²) in [6.45, 7) is 6.43. The van der Waals surface area contributed by atoms with Crippen LogP contribution >= 0.6 is 0 Å². The van der Waals surface area contributed by atoms with Crippen LogP contribution in [0.3, 0.4) is 0 Å². The van der Waals surface area contributed by atoms with Gasteiger partial charge in [-0.3, -0.25) is 0 Å². The van der Waals surface area contributed by atoms with E-state index in [-0.39, 0.29) is 5.97 Å². The van der Waals surface area contributed by atoms with Crippen LogP contribution in [0.5, 0.6) is 11.5 Å². The summed E-state index contributed by atoms with van der Waals surface area (Å²) in [6.07, 6.45) is 12.7. The van der Waals surface area contributed by atoms with E-state index in [2.05, 4.69) is 6.58 Å². The van der Waals surface area contributed by atoms with Crippen molar-refractivity contribution in [2.75, 3.05) is 20.3 Å². The Morgan fingerprint density at radius 3 is 1.69 bits per heavy atom. The van der Waals surface area contributed by atoms with Gasteiger partial charge in [-0.05, 0) is 105 Å². The number of aryl methyl sites for hydroxylation is 3. The van der Waals surface area contributed by atoms with E-state index >= 15 is 0 Å². The maximum absolute atomic E-state index is 12.8. The molecule has 0 spiro atoms. The van der Waals surface area contributed by atoms with E-state index in [9.17, 15) is 14.4 Å². The molecule has 0 saturated carbocycles. The van der Waals surface area contributed by atoms with Crippen molar-refractivity contribution in [3.8, 4) is 11.5 Å². The summed E-state index contributed by atoms with van der Waals surface area (Å²) < 4.78 is 21.3. The standard InChI is InChI=1S/C38H46O7/c1-4-36(39)43-27-13-9-7-11-15-31-16-20-32(21-17-31)37(40)44-34-24-25-35(29(2)28-34)45-38(41)33-22-18-30(19-23-33)14-10-6-5-8-12-26-42-3/h4,16-25,28H,1,5-15,26-27H2,2-3H3. The Morgan fingerprint density at radius 1 is 0.644 bits per heavy atom. The van der Waals surface area contributed by atoms with E-state index in [1.54, 1.807) is 56.5 Å². The van der Waals surface area contributed by atoms with Gasteiger partial charge in [0.2, 0.25) is 0 Å². The Balaban J connectivity index is 1.40. The number of unbranched alkanes of at least 4 members (excludes halogenated alkanes) is 7. The molecule has 7 nitrogen and oxygen atoms in total. The fraction of sp³-hybridized carbons (Fsp3) is 0.395. The Bertz CT molecular complexity index is 1360. The van der Waals surface area contributed by atoms with Gasteiger partial charge >= 0.3 is 17.9 Å². The summed E-state index contributed by atoms with van der Waals surface area (Å²) in [5.74, 6) is -0.472. The van der Waals surface area contributed by atoms with Crippen LogP contribution in [0.2, 0.25) is 0 Å². The van der Waals surface area contributed by atoms with Gasteiger partial charge in [0, 0.05) is 19.8 Å². The predicted octanol–water partition coefficient (Wildman–Crippen LogP) is 8.40. The number of ether oxygens (including phenoxy) is 4. The number of benzene rings is 3. The molecule has 0 radical (unpaired) electrons. The summed E-state index contributed by atoms with van der Waals surface area (Å²) >= 11 is 0. The lowest BCUT2D eigenvalue weighted by atomic mass is 10.0. The highest BCUT2D eigenvalue weighted by molar-refractivity contribution is 5.92. The molecular weight excluding hydrogens is 568 g/mol. The second-order valence-corrected chi connectivity index (χ2v) is 11.1. The third kappa shape index (κ3) is 13.1. The van der Waals surface area contributed by atoms with E-state index in [4.69, 9.17) is 18.9 Å². The SMILES string of the molecule is C=CC(=O)OCCCCCCc1ccc(C(=O)Oc2ccc(OC(=O)c3ccc(CCCCCCCOC)cc3)c(C)c2)cc1. The normalized spacial score (nSPS) is 10.7. The van der Waals surface area contributed by atoms with Gasteiger partial charge in [0.15, 0.2) is 0 Å². The molecule has 0 aromatic heterocycles. The van der Waals surface area contributed by atoms with Gasteiger partial charge in [0.25, 0.3) is 0 Å². The molecule has 0 aliphatic carbocycles. The molecule has 7 heteroatoms. The molecular formula is C38H46O7. The summed E-state index contributed by atoms with van der Waals surface area (Å²) in [7, 11) is 1.74. The minimum absolute atomic E-state index is 0.378. The van der Waals surface area contributed by atoms with Crippen LogP contribution in [0.1, 0.15) is 95.2 Å². The zero-order valence-electron chi connectivity index (χ0n) is 26.7. The molecule has 3 rings (SSSR count). The second-order valence-electron chi connectivity index (χ2n) is 11.1. The highest BCUT2D eigenvalue weighted by Crippen LogP contribution is 2.25. The molecule has 240 valence electrons. The lowest BCUT2D eigenvalue weighted by Crippen LogP contribution is -2.10. The van der Waals surface area contributed by atoms with Gasteiger partial charge in [-0.25, -0.2) is 14.4 Å². The Labute approximate surface area is 267 Å². The molecule has 0 unspecified atom stereocenters. The average Bonchev–Trinajstić information content (AvgIpc) is 3.05. The Morgan fingerprint density at radius 2 is 1.16 bits per heavy atom. The van der Waals surface area contributed by atoms with Crippen LogP contribution in [0.15, 0.2) is 79.4 Å². The first-order valence-electron chi connectivity index (χ1n) is 15.9. The van der Waals surface area contributed by atoms with E-state index in [0.29, 0.717) is 34.8 Å². The molecule has 0 atom stereocenters. The maximum atomic E-state index is 12.8. The van der Waals surface area contributed by atoms with E-state index in [1.165, 1.54) is 30.9 Å². The zero-order chi connectivity index (χ0) is 32.3. The topological polar surface area (TPSA) is 88.1 Å². The minimum Gasteiger partial charge on any atom is -0.463 e. The van der Waals surface area contributed by atoms with Gasteiger partial charge < -0.3 is 18.9 Å². The molecule has 3 aromatic rings. The second kappa shape index (κ2) is 19.9. The van der Waals surface area contributed by atoms with E-state index in [0.717, 1.165) is 63.5 Å². The van der Waals surface area contributed by atoms with Crippen molar-refractivity contribution in [1.82, 2.24) is 0 Å². The molecule has 0 heterocycles. The van der Waals surface area contributed by atoms with Gasteiger partial charge in [0.05, 0.1) is 17.7 Å². The summed E-state index contributed by atoms with van der Waals surface area (Å²) in [4.78, 5) is 36.5. The van der Waals surface area contributed by atoms with Gasteiger partial charge in [-0.15, -0.1) is 0 Å². The van der Waals surface area contributed by atoms with Crippen molar-refractivity contribution in [2.45, 2.75) is 77.6 Å². The molecule has 0 bridgehead atoms. The first-order chi connectivity index (χ1) is 21.9. The number of methoxy groups -OCH3 is 1. The fourth-order valence-corrected chi connectivity index (χ4v) is 4.86. The largest absolute Gasteiger partial charge is 0.463 e. The molecule has 0 aliphatic heterocycles. The third-order valence-corrected chi connectivity index (χ3v) is 7.52. The van der Waals surface area contributed by atoms with Crippen molar-refractivity contribution in [2.24, 2.45) is 0 Å². The van der Waals surface area contributed by atoms with E-state index < -0.39 is 11.9 Å². The third-order valence-electron chi connectivity index (χ3n) is 7.52. The van der Waals surface area contributed by atoms with Crippen LogP contribution in [-0.4, -0.2) is 38.2 Å². The minimum atomic E-state index is -0.453. The molecule has 0 saturated heterocycles. The molecule has 0 amide bonds. The smallest absolute Gasteiger partial charge is 0.343 e. The molecule has 3 aromatic carbocycles. The van der Waals surface area contributed by atoms with Crippen molar-refractivity contribution < 1.29 is 33.3 Å². The maximum Gasteiger partial charge on any atom is 0.343 e. The highest BCUT2D eigenvalue weighted by Gasteiger charge is 2.14. The molecule has 0 fully saturated rings. The quantitative estimate of drug-likeness (QED) is 0.0546. The lowest BCUT2D eigenvalue weighted by molar-refractivity contribution is -0.137. The van der Waals surface area contributed by atoms with Crippen LogP contribution in [-0.2, 0) is 27.1 Å². The van der Waals surface area contributed by atoms with Gasteiger partial charge in [-0.1, -0.05) is 62.9 Å². The van der Waals surface area contributed by atoms with Crippen LogP contribution in [0.25, 0.3) is 0 Å². The summed E-state index contributed by atoms with van der Waals surface area (Å²) in [5, 5.41) is 0. The van der Waals surface area contributed by atoms with Crippen molar-refractivity contribution in [3.05, 3.63) is 107 Å². The van der Waals surface area contributed by atoms with Gasteiger partial charge in [0.1, 0.15) is 11.5 Å². The van der Waals surface area contributed by atoms with Crippen LogP contribution in [0, 0.1) is 6.92 Å². The van der Waals surface area contributed by atoms with Gasteiger partial charge in [-0.2, -0.15) is 0 Å². The number of rotatable bonds is 20. The molecule has 45 heavy (non-hydrogen) atoms. The molecule has 0 aliphatic rings. The van der Waals surface area contributed by atoms with E-state index in [1.807, 2.05) is 24.3 Å². The number of hydrogen-bond acceptors (Lipinski definition) is 7. The van der Waals surface area contributed by atoms with Crippen LogP contribution in [0.4, 0.5) is 0 Å². The monoisotopic (exact) mass is 614 g/mol. The Kier molecular flexibility index (Phi) is 15.6. The lowest BCUT2D eigenvalue weighted by Gasteiger charge is -2.11. The number of carbonyl (C=O) groups is 3. The average molecular weight is 615 g/mol. The van der Waals surface area contributed by atoms with Crippen LogP contribution < -0.4 is 9.47 Å². The highest BCUT2D eigenvalue weighted by atomic mass is 16.5. The van der Waals surface area contributed by atoms with Crippen molar-refractivity contribution in [1.29, 1.82) is 0 Å². The first-order valence-corrected chi connectivity index (χ1v) is 15.9. The number of hydrogen-bond donors (Lipinski definition) is 0. The number of carbonyl (C=O) groups excluding carboxylic acids is 3. The van der Waals surface area contributed by atoms with Crippen molar-refractivity contribution >= 4 is 17.9 Å². The molecule has 0 N–H and O–H groups in total. The summed E-state index contributed by atoms with van der Waals surface area (Å²) in [6, 6.07) is 19.9.